The molecular formula is O9P3Pr2+3. The van der Waals surface area contributed by atoms with Crippen LogP contribution in [0.5, 0.6) is 0 Å². The molecule has 0 aromatic rings. The molecule has 9 nitrogen and oxygen atoms in total. The fraction of sp³-hybridized carbons (Fsp3) is 0. The molecule has 14 heteroatoms. The molecule has 0 rings (SSSR count). The minimum absolute atomic E-state index is 0. The van der Waals surface area contributed by atoms with E-state index in [1.165, 1.54) is 0 Å². The van der Waals surface area contributed by atoms with Gasteiger partial charge in [0.25, 0.3) is 24.8 Å². The zero-order chi connectivity index (χ0) is 10.7. The molecule has 0 aliphatic heterocycles. The monoisotopic (exact) mass is 519 g/mol. The summed E-state index contributed by atoms with van der Waals surface area (Å²) in [6.07, 6.45) is 0. The van der Waals surface area contributed by atoms with Gasteiger partial charge in [-0.15, -0.1) is 0 Å². The van der Waals surface area contributed by atoms with Gasteiger partial charge in [0.05, 0.1) is 0 Å². The van der Waals surface area contributed by atoms with Gasteiger partial charge >= 0.3 is 82.6 Å². The normalized spacial score (nSPS) is 5.57. The first kappa shape index (κ1) is 30.1. The van der Waals surface area contributed by atoms with Gasteiger partial charge < -0.3 is 29.4 Å². The number of hydrogen-bond acceptors (Lipinski definition) is 9. The van der Waals surface area contributed by atoms with Crippen LogP contribution >= 0.6 is 24.8 Å². The second-order valence-corrected chi connectivity index (χ2v) is 2.01. The minimum atomic E-state index is -3.37. The van der Waals surface area contributed by atoms with Crippen LogP contribution in [0.2, 0.25) is 0 Å². The summed E-state index contributed by atoms with van der Waals surface area (Å²) in [6.45, 7) is 0. The van der Waals surface area contributed by atoms with E-state index in [1.54, 1.807) is 0 Å². The maximum Gasteiger partial charge on any atom is 3.00 e. The van der Waals surface area contributed by atoms with Crippen LogP contribution < -0.4 is 29.4 Å². The SMILES string of the molecule is O=[P+]([O-])[O-].O=[P+]([O-])[O-].O=[P+]([O-])[O-].[Pr+3].[Pr+3]. The van der Waals surface area contributed by atoms with Gasteiger partial charge in [-0.2, -0.15) is 0 Å². The van der Waals surface area contributed by atoms with Crippen molar-refractivity contribution in [3.8, 4) is 0 Å². The average Bonchev–Trinajstić information content (AvgIpc) is 1.54. The summed E-state index contributed by atoms with van der Waals surface area (Å²) in [4.78, 5) is 50.9. The summed E-state index contributed by atoms with van der Waals surface area (Å²) >= 11 is 0. The third kappa shape index (κ3) is 362. The van der Waals surface area contributed by atoms with Gasteiger partial charge in [0, 0.05) is 0 Å². The first-order chi connectivity index (χ1) is 5.20. The molecule has 0 saturated carbocycles. The molecule has 0 aromatic heterocycles. The molecule has 72 valence electrons. The molecular weight excluding hydrogens is 519 g/mol. The van der Waals surface area contributed by atoms with Crippen molar-refractivity contribution in [1.82, 2.24) is 0 Å². The van der Waals surface area contributed by atoms with Crippen LogP contribution in [0.3, 0.4) is 0 Å². The first-order valence-electron chi connectivity index (χ1n) is 1.64. The Morgan fingerprint density at radius 1 is 0.500 bits per heavy atom. The fourth-order valence-electron chi connectivity index (χ4n) is 0. The van der Waals surface area contributed by atoms with E-state index >= 15 is 0 Å². The second kappa shape index (κ2) is 24.8. The minimum Gasteiger partial charge on any atom is -0.598 e. The Morgan fingerprint density at radius 2 is 0.500 bits per heavy atom. The average molecular weight is 519 g/mol. The van der Waals surface area contributed by atoms with Gasteiger partial charge in [-0.05, 0) is 0 Å². The van der Waals surface area contributed by atoms with E-state index < -0.39 is 24.8 Å². The quantitative estimate of drug-likeness (QED) is 0.283. The third-order valence-corrected chi connectivity index (χ3v) is 0. The zero-order valence-electron chi connectivity index (χ0n) is 6.17. The molecule has 0 spiro atoms. The Hall–Kier alpha value is 2.79. The van der Waals surface area contributed by atoms with E-state index in [0.717, 1.165) is 0 Å². The van der Waals surface area contributed by atoms with Crippen LogP contribution in [-0.2, 0) is 13.7 Å². The first-order valence-corrected chi connectivity index (χ1v) is 4.93. The Bertz CT molecular complexity index is 116. The van der Waals surface area contributed by atoms with Crippen molar-refractivity contribution < 1.29 is 126 Å². The fourth-order valence-corrected chi connectivity index (χ4v) is 0. The number of hydrogen-bond donors (Lipinski definition) is 0. The van der Waals surface area contributed by atoms with Gasteiger partial charge in [-0.1, -0.05) is 13.7 Å². The predicted molar refractivity (Wildman–Crippen MR) is 22.8 cm³/mol. The van der Waals surface area contributed by atoms with Gasteiger partial charge in [0.1, 0.15) is 0 Å². The van der Waals surface area contributed by atoms with Crippen molar-refractivity contribution in [2.75, 3.05) is 0 Å². The largest absolute Gasteiger partial charge is 3.00 e. The maximum absolute atomic E-state index is 8.48. The van der Waals surface area contributed by atoms with Gasteiger partial charge in [-0.3, -0.25) is 0 Å². The summed E-state index contributed by atoms with van der Waals surface area (Å²) in [6, 6.07) is 0. The maximum atomic E-state index is 8.48. The Balaban J connectivity index is -0.0000000270. The van der Waals surface area contributed by atoms with E-state index in [9.17, 15) is 0 Å². The molecule has 14 heavy (non-hydrogen) atoms. The number of rotatable bonds is 0. The van der Waals surface area contributed by atoms with Crippen LogP contribution in [0.15, 0.2) is 0 Å². The van der Waals surface area contributed by atoms with Crippen molar-refractivity contribution in [3.63, 3.8) is 0 Å². The van der Waals surface area contributed by atoms with Crippen molar-refractivity contribution in [1.29, 1.82) is 0 Å². The molecule has 0 atom stereocenters. The van der Waals surface area contributed by atoms with Crippen molar-refractivity contribution in [2.24, 2.45) is 0 Å². The summed E-state index contributed by atoms with van der Waals surface area (Å²) < 4.78 is 25.4. The molecule has 0 aliphatic rings. The summed E-state index contributed by atoms with van der Waals surface area (Å²) in [5, 5.41) is 0. The summed E-state index contributed by atoms with van der Waals surface area (Å²) in [5.74, 6) is 0. The molecule has 0 N–H and O–H groups in total. The van der Waals surface area contributed by atoms with Gasteiger partial charge in [-0.25, -0.2) is 0 Å². The second-order valence-electron chi connectivity index (χ2n) is 0.671. The predicted octanol–water partition coefficient (Wildman–Crippen LogP) is -4.91. The topological polar surface area (TPSA) is 190 Å². The summed E-state index contributed by atoms with van der Waals surface area (Å²) in [5.41, 5.74) is 0. The van der Waals surface area contributed by atoms with Gasteiger partial charge in [0.15, 0.2) is 0 Å². The van der Waals surface area contributed by atoms with Gasteiger partial charge in [0.2, 0.25) is 0 Å². The van der Waals surface area contributed by atoms with E-state index in [1.807, 2.05) is 0 Å². The van der Waals surface area contributed by atoms with Crippen LogP contribution in [0.25, 0.3) is 0 Å². The zero-order valence-corrected chi connectivity index (χ0v) is 16.3. The third-order valence-electron chi connectivity index (χ3n) is 0. The van der Waals surface area contributed by atoms with Crippen molar-refractivity contribution in [2.45, 2.75) is 0 Å². The Labute approximate surface area is 148 Å². The smallest absolute Gasteiger partial charge is 0.598 e. The van der Waals surface area contributed by atoms with Crippen molar-refractivity contribution >= 4 is 24.8 Å². The standard InChI is InChI=1S/3HO3P.2Pr/c3*1-4(2)3;;/h3*(H,1,2,3);;/q;;;2*+3/p-3. The summed E-state index contributed by atoms with van der Waals surface area (Å²) in [7, 11) is -10.1. The van der Waals surface area contributed by atoms with Crippen LogP contribution in [0, 0.1) is 82.6 Å². The Kier molecular flexibility index (Phi) is 53.4. The van der Waals surface area contributed by atoms with Crippen molar-refractivity contribution in [3.05, 3.63) is 0 Å². The van der Waals surface area contributed by atoms with E-state index in [4.69, 9.17) is 43.1 Å². The molecule has 0 bridgehead atoms. The molecule has 0 amide bonds. The Morgan fingerprint density at radius 3 is 0.500 bits per heavy atom. The molecule has 0 aromatic carbocycles. The van der Waals surface area contributed by atoms with Crippen LogP contribution in [0.1, 0.15) is 0 Å². The molecule has 0 saturated heterocycles. The molecule has 0 aliphatic carbocycles. The van der Waals surface area contributed by atoms with E-state index in [0.29, 0.717) is 0 Å². The van der Waals surface area contributed by atoms with E-state index in [2.05, 4.69) is 0 Å². The van der Waals surface area contributed by atoms with Crippen LogP contribution in [-0.4, -0.2) is 0 Å². The molecule has 0 fully saturated rings. The molecule has 0 heterocycles. The van der Waals surface area contributed by atoms with E-state index in [-0.39, 0.29) is 82.6 Å². The molecule has 0 unspecified atom stereocenters. The molecule has 0 radical (unpaired) electrons. The van der Waals surface area contributed by atoms with Crippen LogP contribution in [0.4, 0.5) is 0 Å².